The van der Waals surface area contributed by atoms with Crippen LogP contribution in [0.3, 0.4) is 0 Å². The fourth-order valence-corrected chi connectivity index (χ4v) is 2.70. The summed E-state index contributed by atoms with van der Waals surface area (Å²) >= 11 is 11.5. The summed E-state index contributed by atoms with van der Waals surface area (Å²) in [5.74, 6) is 1.25. The van der Waals surface area contributed by atoms with E-state index < -0.39 is 6.10 Å². The van der Waals surface area contributed by atoms with E-state index in [1.807, 2.05) is 48.5 Å². The fourth-order valence-electron chi connectivity index (χ4n) is 2.50. The van der Waals surface area contributed by atoms with Gasteiger partial charge in [0.2, 0.25) is 0 Å². The first-order chi connectivity index (χ1) is 10.7. The number of ether oxygens (including phenoxy) is 1. The number of rotatable bonds is 7. The zero-order valence-corrected chi connectivity index (χ0v) is 14.0. The van der Waals surface area contributed by atoms with Crippen LogP contribution in [0.15, 0.2) is 48.5 Å². The molecule has 0 aliphatic heterocycles. The smallest absolute Gasteiger partial charge is 0.119 e. The molecule has 0 amide bonds. The van der Waals surface area contributed by atoms with Crippen LogP contribution in [0, 0.1) is 0 Å². The van der Waals surface area contributed by atoms with E-state index in [1.54, 1.807) is 0 Å². The number of hydrogen-bond donors (Lipinski definition) is 1. The van der Waals surface area contributed by atoms with Crippen molar-refractivity contribution < 1.29 is 9.84 Å². The summed E-state index contributed by atoms with van der Waals surface area (Å²) in [5, 5.41) is 11.4. The molecule has 0 saturated carbocycles. The van der Waals surface area contributed by atoms with Crippen molar-refractivity contribution in [3.8, 4) is 5.75 Å². The summed E-state index contributed by atoms with van der Waals surface area (Å²) in [6.07, 6.45) is 0.279. The number of aliphatic hydroxyl groups is 1. The molecule has 0 radical (unpaired) electrons. The molecule has 0 aromatic heterocycles. The van der Waals surface area contributed by atoms with E-state index >= 15 is 0 Å². The first-order valence-corrected chi connectivity index (χ1v) is 8.29. The van der Waals surface area contributed by atoms with Crippen LogP contribution < -0.4 is 4.74 Å². The Kier molecular flexibility index (Phi) is 6.56. The molecule has 2 aromatic carbocycles. The van der Waals surface area contributed by atoms with E-state index in [0.717, 1.165) is 23.3 Å². The zero-order chi connectivity index (χ0) is 15.9. The third kappa shape index (κ3) is 4.39. The maximum Gasteiger partial charge on any atom is 0.119 e. The predicted octanol–water partition coefficient (Wildman–Crippen LogP) is 5.18. The molecule has 0 aliphatic carbocycles. The molecule has 2 nitrogen and oxygen atoms in total. The first kappa shape index (κ1) is 17.1. The molecule has 1 N–H and O–H groups in total. The average molecular weight is 339 g/mol. The van der Waals surface area contributed by atoms with Gasteiger partial charge in [0.1, 0.15) is 12.4 Å². The van der Waals surface area contributed by atoms with Gasteiger partial charge in [0.15, 0.2) is 0 Å². The number of benzene rings is 2. The van der Waals surface area contributed by atoms with Crippen molar-refractivity contribution in [3.05, 3.63) is 64.7 Å². The lowest BCUT2D eigenvalue weighted by Crippen LogP contribution is -2.10. The summed E-state index contributed by atoms with van der Waals surface area (Å²) in [6, 6.07) is 15.2. The van der Waals surface area contributed by atoms with Crippen LogP contribution in [-0.2, 0) is 0 Å². The Morgan fingerprint density at radius 1 is 1.00 bits per heavy atom. The maximum absolute atomic E-state index is 10.7. The van der Waals surface area contributed by atoms with E-state index in [4.69, 9.17) is 27.9 Å². The molecule has 0 spiro atoms. The Balaban J connectivity index is 2.13. The molecule has 118 valence electrons. The molecule has 4 heteroatoms. The summed E-state index contributed by atoms with van der Waals surface area (Å²) in [7, 11) is 0. The first-order valence-electron chi connectivity index (χ1n) is 7.38. The lowest BCUT2D eigenvalue weighted by atomic mass is 9.87. The molecular formula is C18H20Cl2O2. The second kappa shape index (κ2) is 8.42. The molecule has 0 fully saturated rings. The minimum Gasteiger partial charge on any atom is -0.492 e. The van der Waals surface area contributed by atoms with Crippen LogP contribution in [0.25, 0.3) is 0 Å². The topological polar surface area (TPSA) is 29.5 Å². The van der Waals surface area contributed by atoms with Gasteiger partial charge in [0, 0.05) is 10.9 Å². The molecule has 2 aromatic rings. The standard InChI is InChI=1S/C18H20Cl2O2/c1-2-17(13-3-7-15(20)8-4-13)18(21)14-5-9-16(10-6-14)22-12-11-19/h3-10,17-18,21H,2,11-12H2,1H3. The molecule has 0 heterocycles. The van der Waals surface area contributed by atoms with E-state index in [0.29, 0.717) is 17.5 Å². The van der Waals surface area contributed by atoms with Crippen LogP contribution in [0.4, 0.5) is 0 Å². The Morgan fingerprint density at radius 3 is 2.14 bits per heavy atom. The number of halogens is 2. The summed E-state index contributed by atoms with van der Waals surface area (Å²) in [6.45, 7) is 2.55. The fraction of sp³-hybridized carbons (Fsp3) is 0.333. The molecular weight excluding hydrogens is 319 g/mol. The third-order valence-corrected chi connectivity index (χ3v) is 4.09. The van der Waals surface area contributed by atoms with Crippen molar-refractivity contribution in [2.45, 2.75) is 25.4 Å². The van der Waals surface area contributed by atoms with E-state index in [2.05, 4.69) is 6.92 Å². The minimum atomic E-state index is -0.562. The molecule has 22 heavy (non-hydrogen) atoms. The Labute approximate surface area is 141 Å². The van der Waals surface area contributed by atoms with Crippen molar-refractivity contribution >= 4 is 23.2 Å². The molecule has 2 rings (SSSR count). The van der Waals surface area contributed by atoms with Gasteiger partial charge in [-0.05, 0) is 41.8 Å². The van der Waals surface area contributed by atoms with Crippen molar-refractivity contribution in [2.75, 3.05) is 12.5 Å². The quantitative estimate of drug-likeness (QED) is 0.704. The number of alkyl halides is 1. The Morgan fingerprint density at radius 2 is 1.59 bits per heavy atom. The maximum atomic E-state index is 10.7. The minimum absolute atomic E-state index is 0.0341. The van der Waals surface area contributed by atoms with Crippen molar-refractivity contribution in [3.63, 3.8) is 0 Å². The molecule has 0 bridgehead atoms. The Hall–Kier alpha value is -1.22. The highest BCUT2D eigenvalue weighted by molar-refractivity contribution is 6.30. The number of hydrogen-bond acceptors (Lipinski definition) is 2. The Bertz CT molecular complexity index is 567. The lowest BCUT2D eigenvalue weighted by Gasteiger charge is -2.23. The zero-order valence-electron chi connectivity index (χ0n) is 12.5. The van der Waals surface area contributed by atoms with Crippen molar-refractivity contribution in [2.24, 2.45) is 0 Å². The normalized spacial score (nSPS) is 13.6. The highest BCUT2D eigenvalue weighted by atomic mass is 35.5. The molecule has 0 saturated heterocycles. The summed E-state index contributed by atoms with van der Waals surface area (Å²) < 4.78 is 5.45. The van der Waals surface area contributed by atoms with E-state index in [-0.39, 0.29) is 5.92 Å². The van der Waals surface area contributed by atoms with Gasteiger partial charge in [-0.3, -0.25) is 0 Å². The van der Waals surface area contributed by atoms with Crippen LogP contribution in [-0.4, -0.2) is 17.6 Å². The van der Waals surface area contributed by atoms with Gasteiger partial charge < -0.3 is 9.84 Å². The molecule has 2 atom stereocenters. The lowest BCUT2D eigenvalue weighted by molar-refractivity contribution is 0.142. The van der Waals surface area contributed by atoms with Gasteiger partial charge in [-0.15, -0.1) is 11.6 Å². The summed E-state index contributed by atoms with van der Waals surface area (Å²) in [5.41, 5.74) is 1.96. The molecule has 0 aliphatic rings. The SMILES string of the molecule is CCC(c1ccc(Cl)cc1)C(O)c1ccc(OCCCl)cc1. The summed E-state index contributed by atoms with van der Waals surface area (Å²) in [4.78, 5) is 0. The van der Waals surface area contributed by atoms with E-state index in [1.165, 1.54) is 0 Å². The van der Waals surface area contributed by atoms with Crippen LogP contribution in [0.1, 0.15) is 36.5 Å². The van der Waals surface area contributed by atoms with Gasteiger partial charge in [0.05, 0.1) is 12.0 Å². The van der Waals surface area contributed by atoms with Crippen LogP contribution in [0.2, 0.25) is 5.02 Å². The highest BCUT2D eigenvalue weighted by Gasteiger charge is 2.21. The van der Waals surface area contributed by atoms with Gasteiger partial charge in [-0.2, -0.15) is 0 Å². The van der Waals surface area contributed by atoms with Crippen LogP contribution >= 0.6 is 23.2 Å². The largest absolute Gasteiger partial charge is 0.492 e. The third-order valence-electron chi connectivity index (χ3n) is 3.69. The van der Waals surface area contributed by atoms with Gasteiger partial charge >= 0.3 is 0 Å². The van der Waals surface area contributed by atoms with E-state index in [9.17, 15) is 5.11 Å². The average Bonchev–Trinajstić information content (AvgIpc) is 2.55. The second-order valence-electron chi connectivity index (χ2n) is 5.12. The van der Waals surface area contributed by atoms with Crippen LogP contribution in [0.5, 0.6) is 5.75 Å². The second-order valence-corrected chi connectivity index (χ2v) is 5.93. The van der Waals surface area contributed by atoms with Crippen molar-refractivity contribution in [1.82, 2.24) is 0 Å². The van der Waals surface area contributed by atoms with Gasteiger partial charge in [0.25, 0.3) is 0 Å². The number of aliphatic hydroxyl groups excluding tert-OH is 1. The highest BCUT2D eigenvalue weighted by Crippen LogP contribution is 2.34. The van der Waals surface area contributed by atoms with Gasteiger partial charge in [-0.1, -0.05) is 42.8 Å². The molecule has 2 unspecified atom stereocenters. The van der Waals surface area contributed by atoms with Gasteiger partial charge in [-0.25, -0.2) is 0 Å². The monoisotopic (exact) mass is 338 g/mol. The van der Waals surface area contributed by atoms with Crippen molar-refractivity contribution in [1.29, 1.82) is 0 Å². The predicted molar refractivity (Wildman–Crippen MR) is 92.1 cm³/mol.